The fourth-order valence-corrected chi connectivity index (χ4v) is 5.95. The molecule has 198 valence electrons. The molecule has 0 bridgehead atoms. The van der Waals surface area contributed by atoms with Gasteiger partial charge in [-0.1, -0.05) is 31.9 Å². The molecule has 8 heteroatoms. The van der Waals surface area contributed by atoms with Crippen molar-refractivity contribution < 1.29 is 35.5 Å². The normalized spacial score (nSPS) is 25.1. The van der Waals surface area contributed by atoms with Crippen LogP contribution in [0.2, 0.25) is 0 Å². The quantitative estimate of drug-likeness (QED) is 0.263. The lowest BCUT2D eigenvalue weighted by Gasteiger charge is -2.34. The van der Waals surface area contributed by atoms with Crippen LogP contribution >= 0.6 is 0 Å². The average Bonchev–Trinajstić information content (AvgIpc) is 2.85. The van der Waals surface area contributed by atoms with Gasteiger partial charge in [0.05, 0.1) is 5.92 Å². The zero-order valence-electron chi connectivity index (χ0n) is 20.2. The number of benzene rings is 2. The molecule has 36 heavy (non-hydrogen) atoms. The van der Waals surface area contributed by atoms with E-state index in [4.69, 9.17) is 0 Å². The van der Waals surface area contributed by atoms with E-state index in [1.807, 2.05) is 0 Å². The third-order valence-electron chi connectivity index (χ3n) is 7.98. The van der Waals surface area contributed by atoms with Gasteiger partial charge >= 0.3 is 6.11 Å². The van der Waals surface area contributed by atoms with Crippen molar-refractivity contribution in [1.82, 2.24) is 0 Å². The Bertz CT molecular complexity index is 1030. The molecule has 2 saturated carbocycles. The van der Waals surface area contributed by atoms with Gasteiger partial charge in [0, 0.05) is 12.1 Å². The monoisotopic (exact) mass is 516 g/mol. The lowest BCUT2D eigenvalue weighted by Crippen LogP contribution is -2.37. The largest absolute Gasteiger partial charge is 0.432 e. The number of rotatable bonds is 7. The lowest BCUT2D eigenvalue weighted by molar-refractivity contribution is -0.222. The van der Waals surface area contributed by atoms with Crippen LogP contribution in [0.3, 0.4) is 0 Å². The second-order valence-electron chi connectivity index (χ2n) is 10.3. The summed E-state index contributed by atoms with van der Waals surface area (Å²) in [6.07, 6.45) is 2.50. The van der Waals surface area contributed by atoms with Gasteiger partial charge in [-0.15, -0.1) is 0 Å². The topological polar surface area (TPSA) is 9.23 Å². The van der Waals surface area contributed by atoms with Crippen molar-refractivity contribution in [3.8, 4) is 5.75 Å². The molecule has 1 nitrogen and oxygen atoms in total. The zero-order valence-corrected chi connectivity index (χ0v) is 20.2. The maximum Gasteiger partial charge on any atom is 0.400 e. The van der Waals surface area contributed by atoms with Crippen LogP contribution in [0.25, 0.3) is 0 Å². The van der Waals surface area contributed by atoms with Crippen LogP contribution < -0.4 is 4.74 Å². The Hall–Kier alpha value is -2.25. The van der Waals surface area contributed by atoms with E-state index in [1.54, 1.807) is 12.1 Å². The Balaban J connectivity index is 1.39. The number of ether oxygens (including phenoxy) is 1. The van der Waals surface area contributed by atoms with Gasteiger partial charge < -0.3 is 4.74 Å². The molecule has 4 rings (SSSR count). The summed E-state index contributed by atoms with van der Waals surface area (Å²) >= 11 is 0. The van der Waals surface area contributed by atoms with E-state index in [1.165, 1.54) is 0 Å². The first-order valence-electron chi connectivity index (χ1n) is 12.8. The second kappa shape index (κ2) is 11.0. The summed E-state index contributed by atoms with van der Waals surface area (Å²) in [5.74, 6) is -8.61. The van der Waals surface area contributed by atoms with Gasteiger partial charge in [-0.2, -0.15) is 8.78 Å². The summed E-state index contributed by atoms with van der Waals surface area (Å²) in [5.41, 5.74) is 0.597. The molecule has 0 atom stereocenters. The maximum atomic E-state index is 15.1. The molecule has 2 aromatic rings. The third-order valence-corrected chi connectivity index (χ3v) is 7.98. The van der Waals surface area contributed by atoms with E-state index in [9.17, 15) is 22.0 Å². The smallest absolute Gasteiger partial charge is 0.400 e. The zero-order chi connectivity index (χ0) is 26.0. The highest BCUT2D eigenvalue weighted by Crippen LogP contribution is 2.45. The summed E-state index contributed by atoms with van der Waals surface area (Å²) < 4.78 is 104. The van der Waals surface area contributed by atoms with Crippen LogP contribution in [-0.4, -0.2) is 6.11 Å². The van der Waals surface area contributed by atoms with Crippen LogP contribution in [0.1, 0.15) is 94.1 Å². The first kappa shape index (κ1) is 26.8. The molecule has 2 fully saturated rings. The van der Waals surface area contributed by atoms with E-state index in [2.05, 4.69) is 11.7 Å². The number of alkyl halides is 2. The molecule has 0 unspecified atom stereocenters. The van der Waals surface area contributed by atoms with Gasteiger partial charge in [0.25, 0.3) is 0 Å². The number of hydrogen-bond donors (Lipinski definition) is 0. The van der Waals surface area contributed by atoms with Crippen LogP contribution in [-0.2, 0) is 0 Å². The van der Waals surface area contributed by atoms with E-state index < -0.39 is 52.8 Å². The van der Waals surface area contributed by atoms with Crippen molar-refractivity contribution in [3.05, 3.63) is 64.5 Å². The summed E-state index contributed by atoms with van der Waals surface area (Å²) in [6.45, 7) is 2.15. The Labute approximate surface area is 207 Å². The molecule has 2 aromatic carbocycles. The van der Waals surface area contributed by atoms with E-state index in [-0.39, 0.29) is 37.2 Å². The molecule has 0 radical (unpaired) electrons. The third kappa shape index (κ3) is 5.67. The van der Waals surface area contributed by atoms with Gasteiger partial charge in [0.2, 0.25) is 0 Å². The highest BCUT2D eigenvalue weighted by molar-refractivity contribution is 5.32. The highest BCUT2D eigenvalue weighted by Gasteiger charge is 2.45. The predicted molar refractivity (Wildman–Crippen MR) is 123 cm³/mol. The Kier molecular flexibility index (Phi) is 8.20. The van der Waals surface area contributed by atoms with Crippen molar-refractivity contribution in [2.45, 2.75) is 89.1 Å². The van der Waals surface area contributed by atoms with Gasteiger partial charge in [-0.3, -0.25) is 0 Å². The Morgan fingerprint density at radius 3 is 1.67 bits per heavy atom. The van der Waals surface area contributed by atoms with Crippen LogP contribution in [0.5, 0.6) is 5.75 Å². The van der Waals surface area contributed by atoms with Crippen LogP contribution in [0, 0.1) is 40.9 Å². The minimum atomic E-state index is -3.76. The van der Waals surface area contributed by atoms with Crippen molar-refractivity contribution in [1.29, 1.82) is 0 Å². The molecular formula is C28H31F7O. The first-order chi connectivity index (χ1) is 17.1. The van der Waals surface area contributed by atoms with Crippen molar-refractivity contribution >= 4 is 0 Å². The minimum absolute atomic E-state index is 0.00521. The maximum absolute atomic E-state index is 15.1. The van der Waals surface area contributed by atoms with E-state index in [0.717, 1.165) is 38.5 Å². The fourth-order valence-electron chi connectivity index (χ4n) is 5.95. The van der Waals surface area contributed by atoms with Crippen LogP contribution in [0.4, 0.5) is 30.7 Å². The molecule has 0 N–H and O–H groups in total. The van der Waals surface area contributed by atoms with E-state index >= 15 is 8.78 Å². The Morgan fingerprint density at radius 2 is 1.19 bits per heavy atom. The van der Waals surface area contributed by atoms with Gasteiger partial charge in [0.1, 0.15) is 5.75 Å². The molecule has 0 heterocycles. The molecular weight excluding hydrogens is 485 g/mol. The Morgan fingerprint density at radius 1 is 0.722 bits per heavy atom. The molecule has 2 aliphatic rings. The summed E-state index contributed by atoms with van der Waals surface area (Å²) in [4.78, 5) is 0. The molecule has 0 spiro atoms. The van der Waals surface area contributed by atoms with Crippen LogP contribution in [0.15, 0.2) is 24.3 Å². The minimum Gasteiger partial charge on any atom is -0.432 e. The predicted octanol–water partition coefficient (Wildman–Crippen LogP) is 9.40. The fraction of sp³-hybridized carbons (Fsp3) is 0.571. The lowest BCUT2D eigenvalue weighted by atomic mass is 9.75. The first-order valence-corrected chi connectivity index (χ1v) is 12.8. The summed E-state index contributed by atoms with van der Waals surface area (Å²) in [6, 6.07) is 3.98. The number of halogens is 7. The van der Waals surface area contributed by atoms with Gasteiger partial charge in [0.15, 0.2) is 29.1 Å². The standard InChI is InChI=1S/C28H31F7O/c1-2-3-16-4-6-17(7-5-16)21-12-13-22(26(32)25(21)31)18-8-10-19(11-9-18)28(34,35)36-20-14-23(29)27(33)24(30)15-20/h12-19H,2-11H2,1H3. The average molecular weight is 517 g/mol. The van der Waals surface area contributed by atoms with Crippen molar-refractivity contribution in [3.63, 3.8) is 0 Å². The van der Waals surface area contributed by atoms with Crippen molar-refractivity contribution in [2.24, 2.45) is 11.8 Å². The van der Waals surface area contributed by atoms with Gasteiger partial charge in [-0.05, 0) is 80.2 Å². The highest BCUT2D eigenvalue weighted by atomic mass is 19.3. The molecule has 0 amide bonds. The SMILES string of the molecule is CCCC1CCC(c2ccc(C3CCC(C(F)(F)Oc4cc(F)c(F)c(F)c4)CC3)c(F)c2F)CC1. The van der Waals surface area contributed by atoms with Gasteiger partial charge in [-0.25, -0.2) is 22.0 Å². The summed E-state index contributed by atoms with van der Waals surface area (Å²) in [7, 11) is 0. The van der Waals surface area contributed by atoms with E-state index in [0.29, 0.717) is 23.6 Å². The second-order valence-corrected chi connectivity index (χ2v) is 10.3. The summed E-state index contributed by atoms with van der Waals surface area (Å²) in [5, 5.41) is 0. The molecule has 2 aliphatic carbocycles. The molecule has 0 aromatic heterocycles. The number of hydrogen-bond acceptors (Lipinski definition) is 1. The van der Waals surface area contributed by atoms with Crippen molar-refractivity contribution in [2.75, 3.05) is 0 Å². The molecule has 0 aliphatic heterocycles. The molecule has 0 saturated heterocycles.